The van der Waals surface area contributed by atoms with Crippen molar-refractivity contribution in [2.45, 2.75) is 7.43 Å². The summed E-state index contributed by atoms with van der Waals surface area (Å²) < 4.78 is 12.4. The molecule has 1 rings (SSSR count). The predicted octanol–water partition coefficient (Wildman–Crippen LogP) is 1.63. The molecule has 0 bridgehead atoms. The maximum absolute atomic E-state index is 12.4. The molecule has 0 spiro atoms. The lowest BCUT2D eigenvalue weighted by Gasteiger charge is -1.95. The van der Waals surface area contributed by atoms with Crippen molar-refractivity contribution < 1.29 is 4.39 Å². The molecule has 3 heteroatoms. The average Bonchev–Trinajstić information content (AvgIpc) is 1.80. The van der Waals surface area contributed by atoms with E-state index < -0.39 is 5.82 Å². The van der Waals surface area contributed by atoms with Crippen LogP contribution in [0.3, 0.4) is 0 Å². The van der Waals surface area contributed by atoms with Gasteiger partial charge in [0.1, 0.15) is 5.82 Å². The van der Waals surface area contributed by atoms with Crippen LogP contribution in [0.1, 0.15) is 7.43 Å². The summed E-state index contributed by atoms with van der Waals surface area (Å²) in [4.78, 5) is 0. The quantitative estimate of drug-likeness (QED) is 0.541. The fourth-order valence-corrected chi connectivity index (χ4v) is 0.543. The van der Waals surface area contributed by atoms with Gasteiger partial charge < -0.3 is 11.5 Å². The molecule has 0 atom stereocenters. The van der Waals surface area contributed by atoms with Crippen molar-refractivity contribution in [1.29, 1.82) is 0 Å². The first kappa shape index (κ1) is 8.75. The highest BCUT2D eigenvalue weighted by atomic mass is 19.1. The van der Waals surface area contributed by atoms with E-state index in [4.69, 9.17) is 11.5 Å². The van der Waals surface area contributed by atoms with Crippen LogP contribution in [-0.4, -0.2) is 0 Å². The van der Waals surface area contributed by atoms with E-state index in [1.165, 1.54) is 12.1 Å². The number of nitrogens with two attached hydrogens (primary N) is 2. The van der Waals surface area contributed by atoms with Crippen molar-refractivity contribution in [3.05, 3.63) is 24.0 Å². The van der Waals surface area contributed by atoms with Gasteiger partial charge in [-0.15, -0.1) is 0 Å². The molecular weight excluding hydrogens is 131 g/mol. The largest absolute Gasteiger partial charge is 0.399 e. The fraction of sp³-hybridized carbons (Fsp3) is 0.143. The average molecular weight is 142 g/mol. The fourth-order valence-electron chi connectivity index (χ4n) is 0.543. The van der Waals surface area contributed by atoms with Gasteiger partial charge in [0, 0.05) is 5.69 Å². The van der Waals surface area contributed by atoms with Crippen LogP contribution in [0.25, 0.3) is 0 Å². The standard InChI is InChI=1S/C6H7FN2.CH4/c7-5-3-4(8)1-2-6(5)9;/h1-3H,8-9H2;1H4. The summed E-state index contributed by atoms with van der Waals surface area (Å²) in [5.41, 5.74) is 10.9. The van der Waals surface area contributed by atoms with Crippen LogP contribution in [0.5, 0.6) is 0 Å². The van der Waals surface area contributed by atoms with E-state index in [2.05, 4.69) is 0 Å². The molecule has 0 unspecified atom stereocenters. The number of hydrogen-bond donors (Lipinski definition) is 2. The van der Waals surface area contributed by atoms with Crippen molar-refractivity contribution in [3.8, 4) is 0 Å². The lowest BCUT2D eigenvalue weighted by molar-refractivity contribution is 0.633. The van der Waals surface area contributed by atoms with Crippen molar-refractivity contribution in [2.75, 3.05) is 11.5 Å². The van der Waals surface area contributed by atoms with Crippen LogP contribution in [0, 0.1) is 5.82 Å². The summed E-state index contributed by atoms with van der Waals surface area (Å²) in [6, 6.07) is 4.18. The second-order valence-corrected chi connectivity index (χ2v) is 1.78. The van der Waals surface area contributed by atoms with Gasteiger partial charge in [-0.3, -0.25) is 0 Å². The van der Waals surface area contributed by atoms with Crippen LogP contribution in [0.15, 0.2) is 18.2 Å². The minimum atomic E-state index is -0.463. The molecule has 4 N–H and O–H groups in total. The molecule has 0 aromatic heterocycles. The van der Waals surface area contributed by atoms with Crippen molar-refractivity contribution in [3.63, 3.8) is 0 Å². The van der Waals surface area contributed by atoms with E-state index >= 15 is 0 Å². The van der Waals surface area contributed by atoms with Gasteiger partial charge in [0.2, 0.25) is 0 Å². The molecule has 1 aromatic carbocycles. The minimum absolute atomic E-state index is 0. The van der Waals surface area contributed by atoms with Gasteiger partial charge in [-0.25, -0.2) is 4.39 Å². The van der Waals surface area contributed by atoms with E-state index in [1.807, 2.05) is 0 Å². The van der Waals surface area contributed by atoms with Gasteiger partial charge in [0.15, 0.2) is 0 Å². The smallest absolute Gasteiger partial charge is 0.148 e. The zero-order valence-electron chi connectivity index (χ0n) is 4.76. The number of benzene rings is 1. The molecule has 56 valence electrons. The lowest BCUT2D eigenvalue weighted by atomic mass is 10.3. The van der Waals surface area contributed by atoms with Gasteiger partial charge in [-0.2, -0.15) is 0 Å². The van der Waals surface area contributed by atoms with Gasteiger partial charge >= 0.3 is 0 Å². The Bertz CT molecular complexity index is 223. The van der Waals surface area contributed by atoms with Gasteiger partial charge in [0.05, 0.1) is 5.69 Å². The molecule has 2 nitrogen and oxygen atoms in total. The van der Waals surface area contributed by atoms with Crippen molar-refractivity contribution >= 4 is 11.4 Å². The summed E-state index contributed by atoms with van der Waals surface area (Å²) in [6.45, 7) is 0. The van der Waals surface area contributed by atoms with E-state index in [9.17, 15) is 4.39 Å². The first-order valence-corrected chi connectivity index (χ1v) is 2.50. The van der Waals surface area contributed by atoms with Crippen LogP contribution >= 0.6 is 0 Å². The highest BCUT2D eigenvalue weighted by Crippen LogP contribution is 2.12. The molecule has 0 saturated heterocycles. The van der Waals surface area contributed by atoms with Crippen LogP contribution in [0.4, 0.5) is 15.8 Å². The summed E-state index contributed by atoms with van der Waals surface area (Å²) >= 11 is 0. The Morgan fingerprint density at radius 1 is 1.20 bits per heavy atom. The number of halogens is 1. The minimum Gasteiger partial charge on any atom is -0.399 e. The Balaban J connectivity index is 0.000000810. The molecule has 0 heterocycles. The Kier molecular flexibility index (Phi) is 2.67. The zero-order chi connectivity index (χ0) is 6.85. The second kappa shape index (κ2) is 3.06. The van der Waals surface area contributed by atoms with Crippen LogP contribution in [-0.2, 0) is 0 Å². The molecule has 0 aliphatic carbocycles. The van der Waals surface area contributed by atoms with E-state index in [0.29, 0.717) is 5.69 Å². The molecule has 0 aliphatic rings. The molecule has 10 heavy (non-hydrogen) atoms. The number of anilines is 2. The third-order valence-corrected chi connectivity index (χ3v) is 1.02. The highest BCUT2D eigenvalue weighted by Gasteiger charge is 1.94. The third-order valence-electron chi connectivity index (χ3n) is 1.02. The second-order valence-electron chi connectivity index (χ2n) is 1.78. The van der Waals surface area contributed by atoms with E-state index in [-0.39, 0.29) is 13.1 Å². The molecule has 0 radical (unpaired) electrons. The Morgan fingerprint density at radius 3 is 2.20 bits per heavy atom. The molecule has 0 saturated carbocycles. The van der Waals surface area contributed by atoms with Gasteiger partial charge in [-0.05, 0) is 18.2 Å². The third kappa shape index (κ3) is 1.62. The van der Waals surface area contributed by atoms with Gasteiger partial charge in [-0.1, -0.05) is 7.43 Å². The zero-order valence-corrected chi connectivity index (χ0v) is 4.76. The first-order valence-electron chi connectivity index (χ1n) is 2.50. The van der Waals surface area contributed by atoms with Gasteiger partial charge in [0.25, 0.3) is 0 Å². The lowest BCUT2D eigenvalue weighted by Crippen LogP contribution is -1.92. The highest BCUT2D eigenvalue weighted by molar-refractivity contribution is 5.49. The number of rotatable bonds is 0. The van der Waals surface area contributed by atoms with Crippen LogP contribution < -0.4 is 11.5 Å². The number of hydrogen-bond acceptors (Lipinski definition) is 2. The monoisotopic (exact) mass is 142 g/mol. The molecule has 0 aliphatic heterocycles. The van der Waals surface area contributed by atoms with E-state index in [0.717, 1.165) is 0 Å². The summed E-state index contributed by atoms with van der Waals surface area (Å²) in [5.74, 6) is -0.463. The van der Waals surface area contributed by atoms with Crippen LogP contribution in [0.2, 0.25) is 0 Å². The van der Waals surface area contributed by atoms with E-state index in [1.54, 1.807) is 6.07 Å². The summed E-state index contributed by atoms with van der Waals surface area (Å²) in [5, 5.41) is 0. The Morgan fingerprint density at radius 2 is 1.80 bits per heavy atom. The number of nitrogen functional groups attached to an aromatic ring is 2. The molecule has 1 aromatic rings. The Hall–Kier alpha value is -1.25. The van der Waals surface area contributed by atoms with Crippen molar-refractivity contribution in [2.24, 2.45) is 0 Å². The SMILES string of the molecule is C.Nc1ccc(N)c(F)c1. The van der Waals surface area contributed by atoms with Crippen molar-refractivity contribution in [1.82, 2.24) is 0 Å². The summed E-state index contributed by atoms with van der Waals surface area (Å²) in [6.07, 6.45) is 0. The maximum atomic E-state index is 12.4. The molecule has 0 amide bonds. The maximum Gasteiger partial charge on any atom is 0.148 e. The summed E-state index contributed by atoms with van der Waals surface area (Å²) in [7, 11) is 0. The first-order chi connectivity index (χ1) is 4.20. The predicted molar refractivity (Wildman–Crippen MR) is 42.0 cm³/mol. The normalized spacial score (nSPS) is 8.50. The molecule has 0 fully saturated rings. The Labute approximate surface area is 59.6 Å². The topological polar surface area (TPSA) is 52.0 Å². The molecular formula is C7H11FN2.